The number of halogens is 1. The van der Waals surface area contributed by atoms with E-state index < -0.39 is 15.9 Å². The number of amides is 1. The van der Waals surface area contributed by atoms with Crippen LogP contribution in [0.2, 0.25) is 5.02 Å². The molecular formula is C23H24ClN3O4S2. The van der Waals surface area contributed by atoms with Crippen molar-refractivity contribution in [3.8, 4) is 0 Å². The van der Waals surface area contributed by atoms with Crippen molar-refractivity contribution in [2.75, 3.05) is 18.0 Å². The Morgan fingerprint density at radius 1 is 1.15 bits per heavy atom. The first-order chi connectivity index (χ1) is 15.7. The maximum atomic E-state index is 13.6. The lowest BCUT2D eigenvalue weighted by Gasteiger charge is -2.34. The molecule has 1 aliphatic heterocycles. The van der Waals surface area contributed by atoms with Gasteiger partial charge >= 0.3 is 0 Å². The summed E-state index contributed by atoms with van der Waals surface area (Å²) < 4.78 is 33.9. The van der Waals surface area contributed by atoms with Crippen LogP contribution in [0.3, 0.4) is 0 Å². The minimum atomic E-state index is -3.93. The molecule has 2 aromatic carbocycles. The van der Waals surface area contributed by atoms with Crippen LogP contribution in [-0.2, 0) is 14.8 Å². The molecule has 0 bridgehead atoms. The second-order valence-electron chi connectivity index (χ2n) is 7.97. The quantitative estimate of drug-likeness (QED) is 0.493. The van der Waals surface area contributed by atoms with Crippen molar-refractivity contribution < 1.29 is 17.9 Å². The molecule has 2 heterocycles. The lowest BCUT2D eigenvalue weighted by molar-refractivity contribution is -0.0440. The Kier molecular flexibility index (Phi) is 6.88. The third-order valence-corrected chi connectivity index (χ3v) is 8.45. The van der Waals surface area contributed by atoms with Crippen molar-refractivity contribution in [1.82, 2.24) is 9.29 Å². The topological polar surface area (TPSA) is 79.8 Å². The highest BCUT2D eigenvalue weighted by molar-refractivity contribution is 7.89. The summed E-state index contributed by atoms with van der Waals surface area (Å²) in [6.07, 6.45) is -0.484. The van der Waals surface area contributed by atoms with Gasteiger partial charge in [-0.25, -0.2) is 13.4 Å². The number of aryl methyl sites for hydroxylation is 1. The van der Waals surface area contributed by atoms with E-state index in [9.17, 15) is 13.2 Å². The minimum Gasteiger partial charge on any atom is -0.373 e. The molecule has 3 aromatic rings. The van der Waals surface area contributed by atoms with Crippen LogP contribution in [-0.4, -0.2) is 48.9 Å². The number of hydrogen-bond acceptors (Lipinski definition) is 6. The van der Waals surface area contributed by atoms with E-state index in [-0.39, 0.29) is 40.8 Å². The van der Waals surface area contributed by atoms with Crippen molar-refractivity contribution >= 4 is 49.7 Å². The number of anilines is 2. The van der Waals surface area contributed by atoms with Gasteiger partial charge in [0.25, 0.3) is 5.91 Å². The maximum absolute atomic E-state index is 13.6. The Morgan fingerprint density at radius 2 is 1.82 bits per heavy atom. The van der Waals surface area contributed by atoms with Gasteiger partial charge in [0.2, 0.25) is 10.0 Å². The number of hydrogen-bond donors (Lipinski definition) is 0. The van der Waals surface area contributed by atoms with Crippen molar-refractivity contribution in [2.24, 2.45) is 0 Å². The summed E-state index contributed by atoms with van der Waals surface area (Å²) in [6.45, 7) is 5.94. The molecule has 0 saturated carbocycles. The number of ether oxygens (including phenoxy) is 1. The lowest BCUT2D eigenvalue weighted by atomic mass is 10.2. The van der Waals surface area contributed by atoms with Crippen LogP contribution in [0.15, 0.2) is 58.8 Å². The summed E-state index contributed by atoms with van der Waals surface area (Å²) in [4.78, 5) is 19.5. The molecule has 0 N–H and O–H groups in total. The zero-order valence-electron chi connectivity index (χ0n) is 18.4. The number of carbonyl (C=O) groups excluding carboxylic acids is 1. The number of aromatic nitrogens is 1. The first-order valence-electron chi connectivity index (χ1n) is 10.4. The van der Waals surface area contributed by atoms with Gasteiger partial charge in [0, 0.05) is 24.0 Å². The number of para-hydroxylation sites is 1. The van der Waals surface area contributed by atoms with Gasteiger partial charge in [-0.05, 0) is 51.1 Å². The van der Waals surface area contributed by atoms with E-state index in [1.165, 1.54) is 38.7 Å². The standard InChI is InChI=1S/C23H24ClN3O4S2/c1-15-14-32-23(25-15)27(19-7-5-4-6-8-19)22(28)18-9-10-20(24)21(11-18)33(29,30)26-12-16(2)31-17(3)13-26/h4-11,14,16-17H,12-13H2,1-3H3/t16-,17-/m1/s1. The van der Waals surface area contributed by atoms with E-state index in [0.29, 0.717) is 10.8 Å². The molecule has 0 spiro atoms. The summed E-state index contributed by atoms with van der Waals surface area (Å²) in [5, 5.41) is 2.42. The SMILES string of the molecule is Cc1csc(N(C(=O)c2ccc(Cl)c(S(=O)(=O)N3C[C@@H](C)O[C@H](C)C3)c2)c2ccccc2)n1. The van der Waals surface area contributed by atoms with Crippen molar-refractivity contribution in [1.29, 1.82) is 0 Å². The van der Waals surface area contributed by atoms with Gasteiger partial charge in [-0.15, -0.1) is 11.3 Å². The molecule has 1 saturated heterocycles. The molecule has 0 radical (unpaired) electrons. The van der Waals surface area contributed by atoms with E-state index in [2.05, 4.69) is 4.98 Å². The molecule has 2 atom stereocenters. The Hall–Kier alpha value is -2.30. The van der Waals surface area contributed by atoms with Gasteiger partial charge in [-0.2, -0.15) is 4.31 Å². The molecule has 174 valence electrons. The fraction of sp³-hybridized carbons (Fsp3) is 0.304. The first-order valence-corrected chi connectivity index (χ1v) is 13.1. The van der Waals surface area contributed by atoms with Crippen molar-refractivity contribution in [2.45, 2.75) is 37.9 Å². The predicted molar refractivity (Wildman–Crippen MR) is 130 cm³/mol. The molecule has 0 aliphatic carbocycles. The van der Waals surface area contributed by atoms with Crippen LogP contribution in [0, 0.1) is 6.92 Å². The number of morpholine rings is 1. The van der Waals surface area contributed by atoms with Gasteiger partial charge in [0.05, 0.1) is 28.6 Å². The number of benzene rings is 2. The summed E-state index contributed by atoms with van der Waals surface area (Å²) in [7, 11) is -3.93. The molecule has 7 nitrogen and oxygen atoms in total. The molecule has 10 heteroatoms. The number of thiazole rings is 1. The number of rotatable bonds is 5. The average molecular weight is 506 g/mol. The zero-order valence-corrected chi connectivity index (χ0v) is 20.8. The highest BCUT2D eigenvalue weighted by atomic mass is 35.5. The first kappa shape index (κ1) is 23.8. The van der Waals surface area contributed by atoms with Gasteiger partial charge in [-0.1, -0.05) is 29.8 Å². The van der Waals surface area contributed by atoms with Crippen LogP contribution in [0.25, 0.3) is 0 Å². The summed E-state index contributed by atoms with van der Waals surface area (Å²) >= 11 is 7.66. The minimum absolute atomic E-state index is 0.0645. The maximum Gasteiger partial charge on any atom is 0.264 e. The number of sulfonamides is 1. The molecule has 1 aromatic heterocycles. The summed E-state index contributed by atoms with van der Waals surface area (Å²) in [6, 6.07) is 13.5. The Balaban J connectivity index is 1.75. The molecule has 4 rings (SSSR count). The smallest absolute Gasteiger partial charge is 0.264 e. The van der Waals surface area contributed by atoms with Gasteiger partial charge in [0.1, 0.15) is 4.90 Å². The molecule has 1 amide bonds. The van der Waals surface area contributed by atoms with E-state index in [0.717, 1.165) is 5.69 Å². The molecule has 33 heavy (non-hydrogen) atoms. The van der Waals surface area contributed by atoms with Crippen LogP contribution >= 0.6 is 22.9 Å². The van der Waals surface area contributed by atoms with Gasteiger partial charge < -0.3 is 4.74 Å². The van der Waals surface area contributed by atoms with E-state index >= 15 is 0 Å². The lowest BCUT2D eigenvalue weighted by Crippen LogP contribution is -2.48. The molecule has 1 fully saturated rings. The van der Waals surface area contributed by atoms with Crippen LogP contribution in [0.4, 0.5) is 10.8 Å². The third kappa shape index (κ3) is 4.97. The van der Waals surface area contributed by atoms with Crippen LogP contribution < -0.4 is 4.90 Å². The third-order valence-electron chi connectivity index (χ3n) is 5.20. The molecular weight excluding hydrogens is 482 g/mol. The molecule has 0 unspecified atom stereocenters. The van der Waals surface area contributed by atoms with Crippen molar-refractivity contribution in [3.05, 3.63) is 70.2 Å². The highest BCUT2D eigenvalue weighted by Crippen LogP contribution is 2.33. The Bertz CT molecular complexity index is 1250. The summed E-state index contributed by atoms with van der Waals surface area (Å²) in [5.74, 6) is -0.396. The second kappa shape index (κ2) is 9.52. The average Bonchev–Trinajstić information content (AvgIpc) is 3.19. The van der Waals surface area contributed by atoms with Crippen LogP contribution in [0.5, 0.6) is 0 Å². The largest absolute Gasteiger partial charge is 0.373 e. The van der Waals surface area contributed by atoms with Crippen LogP contribution in [0.1, 0.15) is 29.9 Å². The monoisotopic (exact) mass is 505 g/mol. The van der Waals surface area contributed by atoms with Gasteiger partial charge in [-0.3, -0.25) is 9.69 Å². The Morgan fingerprint density at radius 3 is 2.42 bits per heavy atom. The predicted octanol–water partition coefficient (Wildman–Crippen LogP) is 4.88. The van der Waals surface area contributed by atoms with Gasteiger partial charge in [0.15, 0.2) is 5.13 Å². The summed E-state index contributed by atoms with van der Waals surface area (Å²) in [5.41, 5.74) is 1.62. The van der Waals surface area contributed by atoms with E-state index in [1.54, 1.807) is 12.1 Å². The number of nitrogens with zero attached hydrogens (tertiary/aromatic N) is 3. The van der Waals surface area contributed by atoms with E-state index in [4.69, 9.17) is 16.3 Å². The zero-order chi connectivity index (χ0) is 23.8. The fourth-order valence-electron chi connectivity index (χ4n) is 3.77. The highest BCUT2D eigenvalue weighted by Gasteiger charge is 2.34. The molecule has 1 aliphatic rings. The number of carbonyl (C=O) groups is 1. The fourth-order valence-corrected chi connectivity index (χ4v) is 6.68. The van der Waals surface area contributed by atoms with Crippen molar-refractivity contribution in [3.63, 3.8) is 0 Å². The second-order valence-corrected chi connectivity index (χ2v) is 11.1. The normalized spacial score (nSPS) is 19.4. The Labute approximate surface area is 202 Å². The van der Waals surface area contributed by atoms with E-state index in [1.807, 2.05) is 44.4 Å².